The fraction of sp³-hybridized carbons (Fsp3) is 0.360. The molecule has 1 fully saturated rings. The molecule has 3 aromatic rings. The van der Waals surface area contributed by atoms with E-state index in [0.717, 1.165) is 11.4 Å². The van der Waals surface area contributed by atoms with Crippen LogP contribution in [-0.2, 0) is 18.4 Å². The molecule has 190 valence electrons. The predicted molar refractivity (Wildman–Crippen MR) is 137 cm³/mol. The van der Waals surface area contributed by atoms with Crippen LogP contribution in [0.4, 0.5) is 10.5 Å². The minimum absolute atomic E-state index is 0.0750. The first-order valence-electron chi connectivity index (χ1n) is 11.7. The smallest absolute Gasteiger partial charge is 0.319 e. The SMILES string of the molecule is COc1ccc(C2CN(CC(=O)NCc3ccn(C)n3)CCC2NC(=O)Nc2ccc(Cl)cc2)nc1. The van der Waals surface area contributed by atoms with Gasteiger partial charge in [-0.25, -0.2) is 4.79 Å². The summed E-state index contributed by atoms with van der Waals surface area (Å²) in [6.45, 7) is 1.87. The van der Waals surface area contributed by atoms with Crippen molar-refractivity contribution < 1.29 is 14.3 Å². The fourth-order valence-corrected chi connectivity index (χ4v) is 4.37. The van der Waals surface area contributed by atoms with Gasteiger partial charge in [0.25, 0.3) is 0 Å². The van der Waals surface area contributed by atoms with Gasteiger partial charge in [0.15, 0.2) is 0 Å². The van der Waals surface area contributed by atoms with E-state index in [9.17, 15) is 9.59 Å². The molecule has 1 aliphatic rings. The molecule has 3 N–H and O–H groups in total. The van der Waals surface area contributed by atoms with Gasteiger partial charge in [-0.15, -0.1) is 0 Å². The van der Waals surface area contributed by atoms with E-state index >= 15 is 0 Å². The molecule has 3 heterocycles. The molecule has 3 amide bonds. The van der Waals surface area contributed by atoms with Crippen LogP contribution >= 0.6 is 11.6 Å². The normalized spacial score (nSPS) is 17.9. The number of amides is 3. The van der Waals surface area contributed by atoms with E-state index in [1.54, 1.807) is 42.3 Å². The van der Waals surface area contributed by atoms with E-state index in [-0.39, 0.29) is 30.4 Å². The number of urea groups is 1. The van der Waals surface area contributed by atoms with E-state index in [1.807, 2.05) is 31.4 Å². The van der Waals surface area contributed by atoms with Gasteiger partial charge in [0.05, 0.1) is 32.1 Å². The number of ether oxygens (including phenoxy) is 1. The van der Waals surface area contributed by atoms with Gasteiger partial charge in [0.1, 0.15) is 5.75 Å². The van der Waals surface area contributed by atoms with Gasteiger partial charge in [0, 0.05) is 54.7 Å². The van der Waals surface area contributed by atoms with Gasteiger partial charge in [0.2, 0.25) is 5.91 Å². The lowest BCUT2D eigenvalue weighted by molar-refractivity contribution is -0.122. The summed E-state index contributed by atoms with van der Waals surface area (Å²) in [5.74, 6) is 0.475. The lowest BCUT2D eigenvalue weighted by Gasteiger charge is -2.38. The van der Waals surface area contributed by atoms with E-state index in [1.165, 1.54) is 0 Å². The first kappa shape index (κ1) is 25.5. The summed E-state index contributed by atoms with van der Waals surface area (Å²) in [5.41, 5.74) is 2.28. The number of halogens is 1. The number of aryl methyl sites for hydroxylation is 1. The second-order valence-corrected chi connectivity index (χ2v) is 9.16. The van der Waals surface area contributed by atoms with E-state index in [2.05, 4.69) is 30.9 Å². The monoisotopic (exact) mass is 511 g/mol. The van der Waals surface area contributed by atoms with Gasteiger partial charge in [-0.2, -0.15) is 5.10 Å². The van der Waals surface area contributed by atoms with Crippen molar-refractivity contribution >= 4 is 29.2 Å². The zero-order valence-corrected chi connectivity index (χ0v) is 21.0. The molecule has 36 heavy (non-hydrogen) atoms. The summed E-state index contributed by atoms with van der Waals surface area (Å²) in [5, 5.41) is 13.7. The number of aromatic nitrogens is 3. The summed E-state index contributed by atoms with van der Waals surface area (Å²) in [6, 6.07) is 12.1. The first-order valence-corrected chi connectivity index (χ1v) is 12.1. The Morgan fingerprint density at radius 3 is 2.64 bits per heavy atom. The molecule has 2 aromatic heterocycles. The third-order valence-electron chi connectivity index (χ3n) is 6.09. The number of methoxy groups -OCH3 is 1. The van der Waals surface area contributed by atoms with Crippen molar-refractivity contribution in [3.05, 3.63) is 71.3 Å². The summed E-state index contributed by atoms with van der Waals surface area (Å²) >= 11 is 5.93. The maximum Gasteiger partial charge on any atom is 0.319 e. The molecule has 4 rings (SSSR count). The Bertz CT molecular complexity index is 1170. The number of carbonyl (C=O) groups excluding carboxylic acids is 2. The van der Waals surface area contributed by atoms with Gasteiger partial charge >= 0.3 is 6.03 Å². The van der Waals surface area contributed by atoms with Gasteiger partial charge in [-0.05, 0) is 48.9 Å². The number of anilines is 1. The van der Waals surface area contributed by atoms with Gasteiger partial charge in [-0.1, -0.05) is 11.6 Å². The molecule has 1 aliphatic heterocycles. The molecule has 11 heteroatoms. The average molecular weight is 512 g/mol. The lowest BCUT2D eigenvalue weighted by Crippen LogP contribution is -2.52. The van der Waals surface area contributed by atoms with Crippen LogP contribution in [0, 0.1) is 0 Å². The Balaban J connectivity index is 1.39. The maximum atomic E-state index is 12.7. The van der Waals surface area contributed by atoms with Crippen molar-refractivity contribution in [1.82, 2.24) is 30.3 Å². The number of benzene rings is 1. The molecule has 2 atom stereocenters. The van der Waals surface area contributed by atoms with Crippen molar-refractivity contribution in [2.75, 3.05) is 32.1 Å². The second kappa shape index (κ2) is 11.9. The highest BCUT2D eigenvalue weighted by Crippen LogP contribution is 2.27. The van der Waals surface area contributed by atoms with Crippen molar-refractivity contribution in [3.8, 4) is 5.75 Å². The van der Waals surface area contributed by atoms with E-state index < -0.39 is 0 Å². The number of pyridine rings is 1. The highest BCUT2D eigenvalue weighted by Gasteiger charge is 2.33. The number of rotatable bonds is 8. The Labute approximate surface area is 215 Å². The topological polar surface area (TPSA) is 113 Å². The Morgan fingerprint density at radius 2 is 1.97 bits per heavy atom. The molecular formula is C25H30ClN7O3. The minimum atomic E-state index is -0.303. The summed E-state index contributed by atoms with van der Waals surface area (Å²) < 4.78 is 6.94. The standard InChI is InChI=1S/C25H30ClN7O3/c1-32-11-9-19(31-32)13-28-24(34)16-33-12-10-23(21(15-33)22-8-7-20(36-2)14-27-22)30-25(35)29-18-5-3-17(26)4-6-18/h3-9,11,14,21,23H,10,12-13,15-16H2,1-2H3,(H,28,34)(H2,29,30,35). The Hall–Kier alpha value is -3.63. The van der Waals surface area contributed by atoms with E-state index in [0.29, 0.717) is 42.5 Å². The molecule has 0 saturated carbocycles. The van der Waals surface area contributed by atoms with E-state index in [4.69, 9.17) is 16.3 Å². The summed E-state index contributed by atoms with van der Waals surface area (Å²) in [6.07, 6.45) is 4.17. The van der Waals surface area contributed by atoms with Crippen LogP contribution in [0.5, 0.6) is 5.75 Å². The van der Waals surface area contributed by atoms with Crippen molar-refractivity contribution in [3.63, 3.8) is 0 Å². The number of hydrogen-bond donors (Lipinski definition) is 3. The van der Waals surface area contributed by atoms with Crippen LogP contribution in [0.1, 0.15) is 23.7 Å². The predicted octanol–water partition coefficient (Wildman–Crippen LogP) is 2.77. The molecule has 10 nitrogen and oxygen atoms in total. The van der Waals surface area contributed by atoms with Crippen LogP contribution in [0.2, 0.25) is 5.02 Å². The Morgan fingerprint density at radius 1 is 1.17 bits per heavy atom. The van der Waals surface area contributed by atoms with Crippen LogP contribution in [0.15, 0.2) is 54.9 Å². The first-order chi connectivity index (χ1) is 17.4. The molecule has 0 radical (unpaired) electrons. The quantitative estimate of drug-likeness (QED) is 0.428. The maximum absolute atomic E-state index is 12.7. The lowest BCUT2D eigenvalue weighted by atomic mass is 9.88. The third kappa shape index (κ3) is 6.96. The van der Waals surface area contributed by atoms with Crippen molar-refractivity contribution in [2.24, 2.45) is 7.05 Å². The number of piperidine rings is 1. The number of nitrogens with zero attached hydrogens (tertiary/aromatic N) is 4. The second-order valence-electron chi connectivity index (χ2n) is 8.72. The van der Waals surface area contributed by atoms with Crippen LogP contribution in [0.25, 0.3) is 0 Å². The zero-order valence-electron chi connectivity index (χ0n) is 20.3. The zero-order chi connectivity index (χ0) is 25.5. The summed E-state index contributed by atoms with van der Waals surface area (Å²) in [7, 11) is 3.43. The molecule has 1 saturated heterocycles. The fourth-order valence-electron chi connectivity index (χ4n) is 4.24. The highest BCUT2D eigenvalue weighted by molar-refractivity contribution is 6.30. The molecule has 1 aromatic carbocycles. The number of hydrogen-bond acceptors (Lipinski definition) is 6. The van der Waals surface area contributed by atoms with Crippen LogP contribution in [0.3, 0.4) is 0 Å². The highest BCUT2D eigenvalue weighted by atomic mass is 35.5. The van der Waals surface area contributed by atoms with Crippen molar-refractivity contribution in [2.45, 2.75) is 24.9 Å². The molecule has 2 unspecified atom stereocenters. The Kier molecular flexibility index (Phi) is 8.40. The van der Waals surface area contributed by atoms with Crippen LogP contribution < -0.4 is 20.7 Å². The number of carbonyl (C=O) groups is 2. The summed E-state index contributed by atoms with van der Waals surface area (Å²) in [4.78, 5) is 32.0. The van der Waals surface area contributed by atoms with Gasteiger partial charge in [-0.3, -0.25) is 19.4 Å². The largest absolute Gasteiger partial charge is 0.495 e. The number of nitrogens with one attached hydrogen (secondary N) is 3. The molecular weight excluding hydrogens is 482 g/mol. The molecule has 0 spiro atoms. The van der Waals surface area contributed by atoms with Gasteiger partial charge < -0.3 is 20.7 Å². The third-order valence-corrected chi connectivity index (χ3v) is 6.35. The number of likely N-dealkylation sites (tertiary alicyclic amines) is 1. The average Bonchev–Trinajstić information content (AvgIpc) is 3.30. The molecule has 0 aliphatic carbocycles. The van der Waals surface area contributed by atoms with Crippen molar-refractivity contribution in [1.29, 1.82) is 0 Å². The molecule has 0 bridgehead atoms. The van der Waals surface area contributed by atoms with Crippen LogP contribution in [-0.4, -0.2) is 64.4 Å². The minimum Gasteiger partial charge on any atom is -0.495 e.